The number of alkyl halides is 5. The van der Waals surface area contributed by atoms with E-state index in [9.17, 15) is 31.5 Å². The fraction of sp³-hybridized carbons (Fsp3) is 0.909. The average Bonchev–Trinajstić information content (AvgIpc) is 2.62. The minimum atomic E-state index is -5.62. The maximum absolute atomic E-state index is 14.5. The third-order valence-corrected chi connectivity index (χ3v) is 7.18. The number of rotatable bonds is 7. The maximum Gasteiger partial charge on any atom is 0.468 e. The quantitative estimate of drug-likeness (QED) is 0.288. The summed E-state index contributed by atoms with van der Waals surface area (Å²) in [5.74, 6) is -10.6. The number of hydrogen-bond donors (Lipinski definition) is 0. The fourth-order valence-corrected chi connectivity index (χ4v) is 5.62. The van der Waals surface area contributed by atoms with Crippen molar-refractivity contribution in [3.05, 3.63) is 0 Å². The Kier molecular flexibility index (Phi) is 6.37. The molecule has 0 aromatic carbocycles. The minimum Gasteiger partial charge on any atom is -0.461 e. The van der Waals surface area contributed by atoms with Gasteiger partial charge in [-0.25, -0.2) is 13.6 Å². The lowest BCUT2D eigenvalue weighted by Gasteiger charge is -2.55. The van der Waals surface area contributed by atoms with Crippen molar-refractivity contribution in [2.45, 2.75) is 84.1 Å². The second-order valence-electron chi connectivity index (χ2n) is 10.7. The van der Waals surface area contributed by atoms with Crippen molar-refractivity contribution in [1.29, 1.82) is 0 Å². The van der Waals surface area contributed by atoms with E-state index in [-0.39, 0.29) is 17.8 Å². The average molecular weight is 470 g/mol. The molecule has 10 heteroatoms. The van der Waals surface area contributed by atoms with Crippen molar-refractivity contribution in [2.75, 3.05) is 13.2 Å². The number of carbonyl (C=O) groups excluding carboxylic acids is 2. The molecular weight excluding hydrogens is 439 g/mol. The van der Waals surface area contributed by atoms with Gasteiger partial charge in [0.05, 0.1) is 12.0 Å². The molecule has 4 bridgehead atoms. The van der Waals surface area contributed by atoms with Crippen LogP contribution in [0.3, 0.4) is 0 Å². The van der Waals surface area contributed by atoms with E-state index in [1.54, 1.807) is 0 Å². The first-order chi connectivity index (χ1) is 14.6. The fourth-order valence-electron chi connectivity index (χ4n) is 5.62. The summed E-state index contributed by atoms with van der Waals surface area (Å²) < 4.78 is 85.4. The summed E-state index contributed by atoms with van der Waals surface area (Å²) in [4.78, 5) is 25.6. The molecule has 0 aromatic heterocycles. The highest BCUT2D eigenvalue weighted by atomic mass is 19.4. The van der Waals surface area contributed by atoms with Crippen LogP contribution in [-0.4, -0.2) is 43.0 Å². The largest absolute Gasteiger partial charge is 0.468 e. The van der Waals surface area contributed by atoms with Gasteiger partial charge in [0.1, 0.15) is 6.61 Å². The van der Waals surface area contributed by atoms with Crippen molar-refractivity contribution >= 4 is 11.9 Å². The van der Waals surface area contributed by atoms with Crippen LogP contribution in [-0.2, 0) is 23.8 Å². The minimum absolute atomic E-state index is 0.211. The molecule has 4 aliphatic rings. The smallest absolute Gasteiger partial charge is 0.461 e. The highest BCUT2D eigenvalue weighted by Crippen LogP contribution is 2.61. The van der Waals surface area contributed by atoms with Gasteiger partial charge in [-0.05, 0) is 63.2 Å². The lowest BCUT2D eigenvalue weighted by molar-refractivity contribution is -0.370. The van der Waals surface area contributed by atoms with Crippen LogP contribution in [0, 0.1) is 28.6 Å². The molecule has 0 N–H and O–H groups in total. The predicted molar refractivity (Wildman–Crippen MR) is 102 cm³/mol. The Hall–Kier alpha value is -1.45. The summed E-state index contributed by atoms with van der Waals surface area (Å²) in [7, 11) is 0. The number of halogens is 5. The van der Waals surface area contributed by atoms with Gasteiger partial charge in [-0.1, -0.05) is 20.8 Å². The first kappa shape index (κ1) is 25.2. The molecule has 0 aliphatic heterocycles. The Labute approximate surface area is 184 Å². The summed E-state index contributed by atoms with van der Waals surface area (Å²) in [6.45, 7) is 2.36. The van der Waals surface area contributed by atoms with Gasteiger partial charge in [-0.3, -0.25) is 4.79 Å². The van der Waals surface area contributed by atoms with E-state index in [1.165, 1.54) is 6.92 Å². The van der Waals surface area contributed by atoms with Gasteiger partial charge in [0, 0.05) is 5.41 Å². The molecule has 0 heterocycles. The molecule has 4 fully saturated rings. The lowest BCUT2D eigenvalue weighted by Crippen LogP contribution is -2.62. The predicted octanol–water partition coefficient (Wildman–Crippen LogP) is 5.27. The number of esters is 2. The molecular formula is C22H31F5O5. The zero-order chi connectivity index (χ0) is 24.2. The van der Waals surface area contributed by atoms with Crippen molar-refractivity contribution in [1.82, 2.24) is 0 Å². The first-order valence-electron chi connectivity index (χ1n) is 11.0. The summed E-state index contributed by atoms with van der Waals surface area (Å²) in [6, 6.07) is 0. The van der Waals surface area contributed by atoms with Crippen LogP contribution in [0.5, 0.6) is 0 Å². The number of ether oxygens (including phenoxy) is 3. The van der Waals surface area contributed by atoms with Gasteiger partial charge in [0.25, 0.3) is 5.92 Å². The Morgan fingerprint density at radius 1 is 0.906 bits per heavy atom. The first-order valence-corrected chi connectivity index (χ1v) is 11.0. The van der Waals surface area contributed by atoms with Crippen LogP contribution < -0.4 is 0 Å². The highest BCUT2D eigenvalue weighted by molar-refractivity contribution is 5.85. The molecule has 0 aromatic rings. The van der Waals surface area contributed by atoms with E-state index in [1.807, 2.05) is 0 Å². The molecule has 0 amide bonds. The van der Waals surface area contributed by atoms with Gasteiger partial charge >= 0.3 is 23.9 Å². The maximum atomic E-state index is 14.5. The third kappa shape index (κ3) is 4.35. The van der Waals surface area contributed by atoms with Crippen LogP contribution in [0.15, 0.2) is 0 Å². The van der Waals surface area contributed by atoms with Crippen LogP contribution in [0.25, 0.3) is 0 Å². The molecule has 4 rings (SSSR count). The van der Waals surface area contributed by atoms with E-state index < -0.39 is 53.9 Å². The zero-order valence-corrected chi connectivity index (χ0v) is 18.8. The number of carbonyl (C=O) groups is 2. The summed E-state index contributed by atoms with van der Waals surface area (Å²) >= 11 is 0. The molecule has 1 atom stereocenters. The van der Waals surface area contributed by atoms with E-state index >= 15 is 0 Å². The monoisotopic (exact) mass is 470 g/mol. The summed E-state index contributed by atoms with van der Waals surface area (Å²) in [5.41, 5.74) is -2.92. The Morgan fingerprint density at radius 2 is 1.38 bits per heavy atom. The van der Waals surface area contributed by atoms with Crippen molar-refractivity contribution < 1.29 is 45.8 Å². The van der Waals surface area contributed by atoms with Gasteiger partial charge in [-0.2, -0.15) is 13.2 Å². The molecule has 0 spiro atoms. The molecule has 184 valence electrons. The summed E-state index contributed by atoms with van der Waals surface area (Å²) in [6.07, 6.45) is -1.76. The topological polar surface area (TPSA) is 61.8 Å². The molecule has 0 saturated heterocycles. The van der Waals surface area contributed by atoms with E-state index in [0.717, 1.165) is 40.0 Å². The number of hydrogen-bond acceptors (Lipinski definition) is 5. The van der Waals surface area contributed by atoms with Crippen molar-refractivity contribution in [2.24, 2.45) is 28.6 Å². The van der Waals surface area contributed by atoms with Crippen molar-refractivity contribution in [3.8, 4) is 0 Å². The van der Waals surface area contributed by atoms with Gasteiger partial charge < -0.3 is 14.2 Å². The van der Waals surface area contributed by atoms with Crippen molar-refractivity contribution in [3.63, 3.8) is 0 Å². The normalized spacial score (nSPS) is 31.8. The molecule has 5 nitrogen and oxygen atoms in total. The highest BCUT2D eigenvalue weighted by Gasteiger charge is 2.70. The van der Waals surface area contributed by atoms with Crippen LogP contribution in [0.1, 0.15) is 66.2 Å². The zero-order valence-electron chi connectivity index (χ0n) is 18.8. The van der Waals surface area contributed by atoms with Gasteiger partial charge in [-0.15, -0.1) is 0 Å². The molecule has 4 aliphatic carbocycles. The lowest BCUT2D eigenvalue weighted by atomic mass is 9.49. The Bertz CT molecular complexity index is 707. The van der Waals surface area contributed by atoms with Gasteiger partial charge in [0.2, 0.25) is 0 Å². The molecule has 32 heavy (non-hydrogen) atoms. The van der Waals surface area contributed by atoms with Crippen LogP contribution in [0.4, 0.5) is 22.0 Å². The Balaban J connectivity index is 1.93. The van der Waals surface area contributed by atoms with Crippen LogP contribution in [0.2, 0.25) is 0 Å². The van der Waals surface area contributed by atoms with E-state index in [0.29, 0.717) is 19.3 Å². The standard InChI is InChI=1S/C22H31F5O5/c1-5-30-17(29)21(22(25,26)27,31-12-20(23,24)18(2,3)4)32-16(28)19-9-13-6-14(10-19)8-15(7-13)11-19/h13-15H,5-12H2,1-4H3. The second-order valence-corrected chi connectivity index (χ2v) is 10.7. The van der Waals surface area contributed by atoms with Crippen LogP contribution >= 0.6 is 0 Å². The molecule has 0 radical (unpaired) electrons. The SMILES string of the molecule is CCOC(=O)C(OCC(F)(F)C(C)(C)C)(OC(=O)C12CC3CC(CC(C3)C1)C2)C(F)(F)F. The van der Waals surface area contributed by atoms with E-state index in [4.69, 9.17) is 4.74 Å². The van der Waals surface area contributed by atoms with E-state index in [2.05, 4.69) is 9.47 Å². The summed E-state index contributed by atoms with van der Waals surface area (Å²) in [5, 5.41) is 0. The Morgan fingerprint density at radius 3 is 1.75 bits per heavy atom. The molecule has 4 saturated carbocycles. The third-order valence-electron chi connectivity index (χ3n) is 7.18. The second kappa shape index (κ2) is 8.09. The van der Waals surface area contributed by atoms with Gasteiger partial charge in [0.15, 0.2) is 0 Å². The molecule has 1 unspecified atom stereocenters.